The number of rotatable bonds is 2. The van der Waals surface area contributed by atoms with E-state index in [0.717, 1.165) is 0 Å². The Morgan fingerprint density at radius 3 is 2.39 bits per heavy atom. The molecule has 92 valence electrons. The first-order valence-electron chi connectivity index (χ1n) is 5.17. The van der Waals surface area contributed by atoms with Crippen LogP contribution in [0.4, 0.5) is 5.69 Å². The minimum absolute atomic E-state index is 0.0123. The fourth-order valence-corrected chi connectivity index (χ4v) is 1.64. The normalized spacial score (nSPS) is 10.3. The number of pyridine rings is 1. The number of nitrogens with zero attached hydrogens (tertiary/aromatic N) is 2. The maximum absolute atomic E-state index is 11.2. The molecular formula is C12H10N2O4. The fourth-order valence-electron chi connectivity index (χ4n) is 1.64. The molecule has 1 N–H and O–H groups in total. The van der Waals surface area contributed by atoms with Gasteiger partial charge in [-0.05, 0) is 19.1 Å². The van der Waals surface area contributed by atoms with Crippen molar-refractivity contribution >= 4 is 5.69 Å². The lowest BCUT2D eigenvalue weighted by Crippen LogP contribution is -2.08. The van der Waals surface area contributed by atoms with Crippen molar-refractivity contribution in [1.29, 1.82) is 0 Å². The van der Waals surface area contributed by atoms with E-state index in [1.54, 1.807) is 23.6 Å². The van der Waals surface area contributed by atoms with E-state index < -0.39 is 10.4 Å². The van der Waals surface area contributed by atoms with Gasteiger partial charge in [-0.25, -0.2) is 0 Å². The molecule has 0 saturated heterocycles. The molecule has 0 unspecified atom stereocenters. The minimum Gasteiger partial charge on any atom is -0.503 e. The van der Waals surface area contributed by atoms with Crippen molar-refractivity contribution in [3.8, 4) is 11.4 Å². The summed E-state index contributed by atoms with van der Waals surface area (Å²) < 4.78 is 1.58. The van der Waals surface area contributed by atoms with E-state index in [2.05, 4.69) is 0 Å². The zero-order valence-electron chi connectivity index (χ0n) is 9.53. The SMILES string of the molecule is Cc1c(O)c(=O)ccn1-c1ccc([N+](=O)[O-])cc1. The summed E-state index contributed by atoms with van der Waals surface area (Å²) in [5.41, 5.74) is 0.553. The molecule has 0 bridgehead atoms. The highest BCUT2D eigenvalue weighted by molar-refractivity contribution is 5.43. The van der Waals surface area contributed by atoms with Crippen molar-refractivity contribution in [2.45, 2.75) is 6.92 Å². The fraction of sp³-hybridized carbons (Fsp3) is 0.0833. The smallest absolute Gasteiger partial charge is 0.269 e. The van der Waals surface area contributed by atoms with E-state index in [-0.39, 0.29) is 11.4 Å². The first-order valence-corrected chi connectivity index (χ1v) is 5.17. The molecule has 0 atom stereocenters. The third kappa shape index (κ3) is 1.95. The average molecular weight is 246 g/mol. The number of benzene rings is 1. The summed E-state index contributed by atoms with van der Waals surface area (Å²) in [7, 11) is 0. The van der Waals surface area contributed by atoms with Crippen LogP contribution in [0, 0.1) is 17.0 Å². The largest absolute Gasteiger partial charge is 0.503 e. The predicted octanol–water partition coefficient (Wildman–Crippen LogP) is 1.76. The van der Waals surface area contributed by atoms with Crippen molar-refractivity contribution in [2.75, 3.05) is 0 Å². The van der Waals surface area contributed by atoms with Gasteiger partial charge in [-0.3, -0.25) is 14.9 Å². The van der Waals surface area contributed by atoms with Crippen LogP contribution in [-0.4, -0.2) is 14.6 Å². The second-order valence-electron chi connectivity index (χ2n) is 3.76. The van der Waals surface area contributed by atoms with E-state index in [0.29, 0.717) is 11.4 Å². The Labute approximate surface area is 102 Å². The number of nitro groups is 1. The number of aromatic hydroxyl groups is 1. The standard InChI is InChI=1S/C12H10N2O4/c1-8-12(16)11(15)6-7-13(8)9-2-4-10(5-3-9)14(17)18/h2-7,16H,1H3. The summed E-state index contributed by atoms with van der Waals surface area (Å²) in [4.78, 5) is 21.3. The highest BCUT2D eigenvalue weighted by atomic mass is 16.6. The predicted molar refractivity (Wildman–Crippen MR) is 65.1 cm³/mol. The third-order valence-corrected chi connectivity index (χ3v) is 2.65. The quantitative estimate of drug-likeness (QED) is 0.646. The highest BCUT2D eigenvalue weighted by Gasteiger charge is 2.08. The second-order valence-corrected chi connectivity index (χ2v) is 3.76. The monoisotopic (exact) mass is 246 g/mol. The van der Waals surface area contributed by atoms with Crippen LogP contribution in [0.3, 0.4) is 0 Å². The number of hydrogen-bond donors (Lipinski definition) is 1. The molecule has 0 saturated carbocycles. The Hall–Kier alpha value is -2.63. The second kappa shape index (κ2) is 4.33. The zero-order chi connectivity index (χ0) is 13.3. The average Bonchev–Trinajstić information content (AvgIpc) is 2.36. The van der Waals surface area contributed by atoms with Crippen LogP contribution in [0.5, 0.6) is 5.75 Å². The van der Waals surface area contributed by atoms with Gasteiger partial charge in [-0.1, -0.05) is 0 Å². The third-order valence-electron chi connectivity index (χ3n) is 2.65. The van der Waals surface area contributed by atoms with Gasteiger partial charge in [0.05, 0.1) is 10.6 Å². The van der Waals surface area contributed by atoms with E-state index in [1.807, 2.05) is 0 Å². The summed E-state index contributed by atoms with van der Waals surface area (Å²) in [6.45, 7) is 1.60. The molecule has 18 heavy (non-hydrogen) atoms. The molecule has 0 aliphatic heterocycles. The summed E-state index contributed by atoms with van der Waals surface area (Å²) in [5.74, 6) is -0.323. The van der Waals surface area contributed by atoms with Gasteiger partial charge in [0.15, 0.2) is 5.75 Å². The molecule has 0 radical (unpaired) electrons. The van der Waals surface area contributed by atoms with E-state index in [4.69, 9.17) is 0 Å². The van der Waals surface area contributed by atoms with E-state index >= 15 is 0 Å². The first-order chi connectivity index (χ1) is 8.50. The number of hydrogen-bond acceptors (Lipinski definition) is 4. The van der Waals surface area contributed by atoms with Crippen molar-refractivity contribution < 1.29 is 10.0 Å². The van der Waals surface area contributed by atoms with Crippen LogP contribution < -0.4 is 5.43 Å². The van der Waals surface area contributed by atoms with Crippen molar-refractivity contribution in [3.05, 3.63) is 62.6 Å². The highest BCUT2D eigenvalue weighted by Crippen LogP contribution is 2.18. The molecular weight excluding hydrogens is 236 g/mol. The molecule has 2 aromatic rings. The summed E-state index contributed by atoms with van der Waals surface area (Å²) in [5, 5.41) is 20.1. The molecule has 0 amide bonds. The lowest BCUT2D eigenvalue weighted by Gasteiger charge is -2.11. The summed E-state index contributed by atoms with van der Waals surface area (Å²) in [6.07, 6.45) is 1.51. The van der Waals surface area contributed by atoms with Crippen LogP contribution in [-0.2, 0) is 0 Å². The minimum atomic E-state index is -0.487. The molecule has 1 aromatic carbocycles. The van der Waals surface area contributed by atoms with Gasteiger partial charge in [-0.2, -0.15) is 0 Å². The Balaban J connectivity index is 2.53. The van der Waals surface area contributed by atoms with Gasteiger partial charge in [-0.15, -0.1) is 0 Å². The molecule has 0 aliphatic carbocycles. The molecule has 1 aromatic heterocycles. The molecule has 6 nitrogen and oxygen atoms in total. The molecule has 0 spiro atoms. The number of nitro benzene ring substituents is 1. The lowest BCUT2D eigenvalue weighted by molar-refractivity contribution is -0.384. The lowest BCUT2D eigenvalue weighted by atomic mass is 10.2. The van der Waals surface area contributed by atoms with Crippen molar-refractivity contribution in [1.82, 2.24) is 4.57 Å². The summed E-state index contributed by atoms with van der Waals surface area (Å²) in [6, 6.07) is 7.07. The van der Waals surface area contributed by atoms with Crippen LogP contribution in [0.1, 0.15) is 5.69 Å². The van der Waals surface area contributed by atoms with Gasteiger partial charge in [0.1, 0.15) is 0 Å². The van der Waals surface area contributed by atoms with Crippen LogP contribution in [0.2, 0.25) is 0 Å². The summed E-state index contributed by atoms with van der Waals surface area (Å²) >= 11 is 0. The van der Waals surface area contributed by atoms with Crippen molar-refractivity contribution in [2.24, 2.45) is 0 Å². The van der Waals surface area contributed by atoms with Gasteiger partial charge < -0.3 is 9.67 Å². The first kappa shape index (κ1) is 11.8. The zero-order valence-corrected chi connectivity index (χ0v) is 9.53. The Morgan fingerprint density at radius 1 is 1.22 bits per heavy atom. The van der Waals surface area contributed by atoms with Crippen LogP contribution in [0.15, 0.2) is 41.3 Å². The number of aromatic nitrogens is 1. The maximum atomic E-state index is 11.2. The van der Waals surface area contributed by atoms with E-state index in [9.17, 15) is 20.0 Å². The number of non-ortho nitro benzene ring substituents is 1. The molecule has 1 heterocycles. The Kier molecular flexibility index (Phi) is 2.85. The van der Waals surface area contributed by atoms with E-state index in [1.165, 1.54) is 24.4 Å². The van der Waals surface area contributed by atoms with Gasteiger partial charge in [0.2, 0.25) is 5.43 Å². The molecule has 2 rings (SSSR count). The Bertz CT molecular complexity index is 659. The van der Waals surface area contributed by atoms with Gasteiger partial charge in [0.25, 0.3) is 5.69 Å². The topological polar surface area (TPSA) is 85.4 Å². The van der Waals surface area contributed by atoms with Gasteiger partial charge >= 0.3 is 0 Å². The van der Waals surface area contributed by atoms with Gasteiger partial charge in [0, 0.05) is 30.1 Å². The van der Waals surface area contributed by atoms with Crippen LogP contribution in [0.25, 0.3) is 5.69 Å². The molecule has 6 heteroatoms. The van der Waals surface area contributed by atoms with Crippen LogP contribution >= 0.6 is 0 Å². The van der Waals surface area contributed by atoms with Crippen molar-refractivity contribution in [3.63, 3.8) is 0 Å². The Morgan fingerprint density at radius 2 is 1.83 bits per heavy atom. The molecule has 0 aliphatic rings. The molecule has 0 fully saturated rings. The maximum Gasteiger partial charge on any atom is 0.269 e.